The summed E-state index contributed by atoms with van der Waals surface area (Å²) in [5.41, 5.74) is 7.00. The normalized spacial score (nSPS) is 11.1. The van der Waals surface area contributed by atoms with Gasteiger partial charge in [0.2, 0.25) is 0 Å². The first kappa shape index (κ1) is 15.8. The molecule has 2 aromatic rings. The van der Waals surface area contributed by atoms with Crippen LogP contribution in [-0.4, -0.2) is 9.97 Å². The van der Waals surface area contributed by atoms with Gasteiger partial charge in [-0.2, -0.15) is 0 Å². The number of nitrogens with zero attached hydrogens (tertiary/aromatic N) is 2. The summed E-state index contributed by atoms with van der Waals surface area (Å²) >= 11 is 3.38. The Labute approximate surface area is 130 Å². The maximum Gasteiger partial charge on any atom is 0.141 e. The number of hydrogen-bond acceptors (Lipinski definition) is 3. The van der Waals surface area contributed by atoms with Crippen LogP contribution in [0.3, 0.4) is 0 Å². The van der Waals surface area contributed by atoms with Gasteiger partial charge in [0.25, 0.3) is 0 Å². The Kier molecular flexibility index (Phi) is 4.88. The zero-order valence-electron chi connectivity index (χ0n) is 11.8. The lowest BCUT2D eigenvalue weighted by molar-refractivity contribution is 0.573. The molecule has 0 spiro atoms. The topological polar surface area (TPSA) is 51.8 Å². The summed E-state index contributed by atoms with van der Waals surface area (Å²) in [6.45, 7) is 4.15. The van der Waals surface area contributed by atoms with E-state index in [9.17, 15) is 8.78 Å². The zero-order valence-corrected chi connectivity index (χ0v) is 13.4. The fourth-order valence-electron chi connectivity index (χ4n) is 2.00. The van der Waals surface area contributed by atoms with Crippen molar-refractivity contribution in [3.05, 3.63) is 51.4 Å². The number of halogens is 3. The number of hydrogen-bond donors (Lipinski definition) is 1. The SMILES string of the molecule is CC(C)Cc1nc(Cc2ccc(F)cc2F)nc(N)c1Br. The summed E-state index contributed by atoms with van der Waals surface area (Å²) in [4.78, 5) is 8.59. The minimum Gasteiger partial charge on any atom is -0.383 e. The van der Waals surface area contributed by atoms with Gasteiger partial charge in [-0.15, -0.1) is 0 Å². The number of benzene rings is 1. The molecular weight excluding hydrogens is 340 g/mol. The van der Waals surface area contributed by atoms with Crippen molar-refractivity contribution in [2.24, 2.45) is 5.92 Å². The molecule has 21 heavy (non-hydrogen) atoms. The highest BCUT2D eigenvalue weighted by Crippen LogP contribution is 2.24. The van der Waals surface area contributed by atoms with Crippen molar-refractivity contribution in [1.29, 1.82) is 0 Å². The minimum absolute atomic E-state index is 0.175. The van der Waals surface area contributed by atoms with Crippen LogP contribution in [0.4, 0.5) is 14.6 Å². The van der Waals surface area contributed by atoms with Gasteiger partial charge in [-0.3, -0.25) is 0 Å². The van der Waals surface area contributed by atoms with Crippen LogP contribution in [0, 0.1) is 17.6 Å². The van der Waals surface area contributed by atoms with Gasteiger partial charge in [0.05, 0.1) is 10.2 Å². The van der Waals surface area contributed by atoms with Gasteiger partial charge in [0.1, 0.15) is 23.3 Å². The number of rotatable bonds is 4. The van der Waals surface area contributed by atoms with E-state index in [1.165, 1.54) is 12.1 Å². The van der Waals surface area contributed by atoms with E-state index in [0.29, 0.717) is 27.6 Å². The number of aromatic nitrogens is 2. The van der Waals surface area contributed by atoms with Crippen LogP contribution in [0.15, 0.2) is 22.7 Å². The van der Waals surface area contributed by atoms with Crippen LogP contribution in [0.5, 0.6) is 0 Å². The van der Waals surface area contributed by atoms with Gasteiger partial charge in [0, 0.05) is 12.5 Å². The van der Waals surface area contributed by atoms with Crippen molar-refractivity contribution in [3.63, 3.8) is 0 Å². The van der Waals surface area contributed by atoms with E-state index in [2.05, 4.69) is 39.7 Å². The summed E-state index contributed by atoms with van der Waals surface area (Å²) in [5, 5.41) is 0. The second-order valence-electron chi connectivity index (χ2n) is 5.30. The van der Waals surface area contributed by atoms with Gasteiger partial charge < -0.3 is 5.73 Å². The van der Waals surface area contributed by atoms with Gasteiger partial charge in [0.15, 0.2) is 0 Å². The maximum atomic E-state index is 13.7. The minimum atomic E-state index is -0.606. The number of nitrogens with two attached hydrogens (primary N) is 1. The van der Waals surface area contributed by atoms with E-state index >= 15 is 0 Å². The average molecular weight is 356 g/mol. The Morgan fingerprint density at radius 1 is 1.24 bits per heavy atom. The Hall–Kier alpha value is -1.56. The standard InChI is InChI=1S/C15H16BrF2N3/c1-8(2)5-12-14(16)15(19)21-13(20-12)6-9-3-4-10(17)7-11(9)18/h3-4,7-8H,5-6H2,1-2H3,(H2,19,20,21). The Bertz CT molecular complexity index is 660. The molecule has 112 valence electrons. The van der Waals surface area contributed by atoms with Gasteiger partial charge in [-0.05, 0) is 39.9 Å². The lowest BCUT2D eigenvalue weighted by Gasteiger charge is -2.11. The van der Waals surface area contributed by atoms with E-state index in [1.54, 1.807) is 0 Å². The van der Waals surface area contributed by atoms with E-state index in [4.69, 9.17) is 5.73 Å². The lowest BCUT2D eigenvalue weighted by Crippen LogP contribution is -2.09. The summed E-state index contributed by atoms with van der Waals surface area (Å²) < 4.78 is 27.3. The van der Waals surface area contributed by atoms with Crippen molar-refractivity contribution in [2.75, 3.05) is 5.73 Å². The molecule has 6 heteroatoms. The summed E-state index contributed by atoms with van der Waals surface area (Å²) in [7, 11) is 0. The quantitative estimate of drug-likeness (QED) is 0.904. The summed E-state index contributed by atoms with van der Waals surface area (Å²) in [6.07, 6.45) is 0.918. The highest BCUT2D eigenvalue weighted by atomic mass is 79.9. The smallest absolute Gasteiger partial charge is 0.141 e. The molecule has 0 atom stereocenters. The molecule has 0 saturated heterocycles. The molecule has 0 amide bonds. The molecule has 0 radical (unpaired) electrons. The van der Waals surface area contributed by atoms with Crippen LogP contribution < -0.4 is 5.73 Å². The van der Waals surface area contributed by atoms with Crippen molar-refractivity contribution < 1.29 is 8.78 Å². The molecule has 1 aromatic carbocycles. The Morgan fingerprint density at radius 2 is 1.95 bits per heavy atom. The first-order valence-electron chi connectivity index (χ1n) is 6.61. The van der Waals surface area contributed by atoms with Gasteiger partial charge >= 0.3 is 0 Å². The molecular formula is C15H16BrF2N3. The fraction of sp³-hybridized carbons (Fsp3) is 0.333. The fourth-order valence-corrected chi connectivity index (χ4v) is 2.34. The molecule has 0 aliphatic rings. The van der Waals surface area contributed by atoms with Crippen molar-refractivity contribution in [3.8, 4) is 0 Å². The van der Waals surface area contributed by atoms with Gasteiger partial charge in [-0.25, -0.2) is 18.7 Å². The van der Waals surface area contributed by atoms with E-state index in [0.717, 1.165) is 18.2 Å². The van der Waals surface area contributed by atoms with Crippen LogP contribution in [-0.2, 0) is 12.8 Å². The lowest BCUT2D eigenvalue weighted by atomic mass is 10.1. The molecule has 0 saturated carbocycles. The summed E-state index contributed by atoms with van der Waals surface area (Å²) in [6, 6.07) is 3.47. The second-order valence-corrected chi connectivity index (χ2v) is 6.09. The van der Waals surface area contributed by atoms with Crippen LogP contribution >= 0.6 is 15.9 Å². The third-order valence-electron chi connectivity index (χ3n) is 2.96. The molecule has 0 fully saturated rings. The first-order chi connectivity index (χ1) is 9.86. The number of anilines is 1. The Balaban J connectivity index is 2.33. The molecule has 2 N–H and O–H groups in total. The van der Waals surface area contributed by atoms with Crippen molar-refractivity contribution in [1.82, 2.24) is 9.97 Å². The summed E-state index contributed by atoms with van der Waals surface area (Å²) in [5.74, 6) is -0.0421. The number of nitrogen functional groups attached to an aromatic ring is 1. The molecule has 3 nitrogen and oxygen atoms in total. The van der Waals surface area contributed by atoms with E-state index in [-0.39, 0.29) is 6.42 Å². The third kappa shape index (κ3) is 3.97. The molecule has 1 heterocycles. The highest BCUT2D eigenvalue weighted by Gasteiger charge is 2.13. The first-order valence-corrected chi connectivity index (χ1v) is 7.40. The molecule has 0 unspecified atom stereocenters. The molecule has 0 bridgehead atoms. The highest BCUT2D eigenvalue weighted by molar-refractivity contribution is 9.10. The van der Waals surface area contributed by atoms with Gasteiger partial charge in [-0.1, -0.05) is 19.9 Å². The van der Waals surface area contributed by atoms with E-state index < -0.39 is 11.6 Å². The third-order valence-corrected chi connectivity index (χ3v) is 3.82. The molecule has 0 aliphatic carbocycles. The molecule has 2 rings (SSSR count). The molecule has 1 aromatic heterocycles. The van der Waals surface area contributed by atoms with Crippen LogP contribution in [0.2, 0.25) is 0 Å². The van der Waals surface area contributed by atoms with Crippen molar-refractivity contribution in [2.45, 2.75) is 26.7 Å². The second kappa shape index (κ2) is 6.47. The van der Waals surface area contributed by atoms with Crippen molar-refractivity contribution >= 4 is 21.7 Å². The molecule has 0 aliphatic heterocycles. The maximum absolute atomic E-state index is 13.7. The predicted molar refractivity (Wildman–Crippen MR) is 81.9 cm³/mol. The predicted octanol–water partition coefficient (Wildman–Crippen LogP) is 3.89. The monoisotopic (exact) mass is 355 g/mol. The largest absolute Gasteiger partial charge is 0.383 e. The van der Waals surface area contributed by atoms with Crippen LogP contribution in [0.1, 0.15) is 30.9 Å². The Morgan fingerprint density at radius 3 is 2.57 bits per heavy atom. The van der Waals surface area contributed by atoms with Crippen LogP contribution in [0.25, 0.3) is 0 Å². The zero-order chi connectivity index (χ0) is 15.6. The van der Waals surface area contributed by atoms with E-state index in [1.807, 2.05) is 0 Å². The average Bonchev–Trinajstić information content (AvgIpc) is 2.38.